The minimum atomic E-state index is -0.969. The van der Waals surface area contributed by atoms with Crippen molar-refractivity contribution in [3.8, 4) is 17.2 Å². The third-order valence-corrected chi connectivity index (χ3v) is 5.59. The summed E-state index contributed by atoms with van der Waals surface area (Å²) in [5.74, 6) is 0.604. The Labute approximate surface area is 196 Å². The topological polar surface area (TPSA) is 98.4 Å². The number of aryl methyl sites for hydroxylation is 1. The van der Waals surface area contributed by atoms with Crippen molar-refractivity contribution in [3.05, 3.63) is 77.3 Å². The zero-order valence-corrected chi connectivity index (χ0v) is 18.9. The first kappa shape index (κ1) is 21.6. The molecular formula is C26H23NO7. The molecule has 3 heterocycles. The summed E-state index contributed by atoms with van der Waals surface area (Å²) in [7, 11) is 0. The van der Waals surface area contributed by atoms with E-state index >= 15 is 0 Å². The summed E-state index contributed by atoms with van der Waals surface area (Å²) in [6, 6.07) is 14.2. The number of carbonyl (C=O) groups is 2. The predicted molar refractivity (Wildman–Crippen MR) is 123 cm³/mol. The van der Waals surface area contributed by atoms with Crippen LogP contribution in [0.4, 0.5) is 5.69 Å². The Morgan fingerprint density at radius 2 is 1.85 bits per heavy atom. The van der Waals surface area contributed by atoms with Crippen LogP contribution in [0.3, 0.4) is 0 Å². The first-order valence-electron chi connectivity index (χ1n) is 10.9. The molecule has 1 saturated heterocycles. The van der Waals surface area contributed by atoms with Crippen molar-refractivity contribution in [3.63, 3.8) is 0 Å². The van der Waals surface area contributed by atoms with Gasteiger partial charge in [0.25, 0.3) is 11.7 Å². The smallest absolute Gasteiger partial charge is 0.300 e. The molecule has 174 valence electrons. The van der Waals surface area contributed by atoms with Crippen LogP contribution < -0.4 is 19.1 Å². The lowest BCUT2D eigenvalue weighted by atomic mass is 9.99. The predicted octanol–water partition coefficient (Wildman–Crippen LogP) is 4.73. The van der Waals surface area contributed by atoms with Gasteiger partial charge in [-0.05, 0) is 57.2 Å². The maximum atomic E-state index is 13.3. The van der Waals surface area contributed by atoms with E-state index in [1.165, 1.54) is 4.90 Å². The van der Waals surface area contributed by atoms with E-state index in [1.54, 1.807) is 61.5 Å². The summed E-state index contributed by atoms with van der Waals surface area (Å²) in [5.41, 5.74) is 0.704. The van der Waals surface area contributed by atoms with Crippen molar-refractivity contribution in [1.29, 1.82) is 0 Å². The third kappa shape index (κ3) is 3.67. The Morgan fingerprint density at radius 3 is 2.59 bits per heavy atom. The molecule has 2 aliphatic rings. The van der Waals surface area contributed by atoms with E-state index < -0.39 is 17.7 Å². The van der Waals surface area contributed by atoms with Crippen LogP contribution in [0.25, 0.3) is 5.76 Å². The fourth-order valence-corrected chi connectivity index (χ4v) is 4.15. The number of fused-ring (bicyclic) bond motifs is 1. The summed E-state index contributed by atoms with van der Waals surface area (Å²) >= 11 is 0. The van der Waals surface area contributed by atoms with Gasteiger partial charge in [0.05, 0.1) is 11.7 Å². The zero-order valence-electron chi connectivity index (χ0n) is 18.9. The highest BCUT2D eigenvalue weighted by Crippen LogP contribution is 2.45. The molecule has 34 heavy (non-hydrogen) atoms. The van der Waals surface area contributed by atoms with Crippen LogP contribution in [-0.4, -0.2) is 29.7 Å². The van der Waals surface area contributed by atoms with Gasteiger partial charge in [-0.2, -0.15) is 0 Å². The molecule has 2 aromatic carbocycles. The van der Waals surface area contributed by atoms with E-state index in [-0.39, 0.29) is 24.2 Å². The van der Waals surface area contributed by atoms with Crippen molar-refractivity contribution in [2.75, 3.05) is 11.7 Å². The van der Waals surface area contributed by atoms with Gasteiger partial charge in [0, 0.05) is 17.3 Å². The highest BCUT2D eigenvalue weighted by molar-refractivity contribution is 6.51. The number of hydrogen-bond acceptors (Lipinski definition) is 7. The van der Waals surface area contributed by atoms with Crippen LogP contribution in [0.2, 0.25) is 0 Å². The lowest BCUT2D eigenvalue weighted by molar-refractivity contribution is -0.132. The number of nitrogens with zero attached hydrogens (tertiary/aromatic N) is 1. The van der Waals surface area contributed by atoms with E-state index in [4.69, 9.17) is 18.6 Å². The minimum absolute atomic E-state index is 0.0694. The number of Topliss-reactive ketones (excluding diaryl/α,β-unsaturated/α-hetero) is 1. The van der Waals surface area contributed by atoms with Gasteiger partial charge in [0.1, 0.15) is 29.1 Å². The van der Waals surface area contributed by atoms with Crippen molar-refractivity contribution in [2.45, 2.75) is 32.9 Å². The number of amides is 1. The molecule has 0 spiro atoms. The maximum absolute atomic E-state index is 13.3. The van der Waals surface area contributed by atoms with Crippen LogP contribution in [-0.2, 0) is 9.59 Å². The number of aliphatic hydroxyl groups is 1. The lowest BCUT2D eigenvalue weighted by Gasteiger charge is -2.23. The minimum Gasteiger partial charge on any atom is -0.507 e. The molecule has 8 nitrogen and oxygen atoms in total. The number of ketones is 1. The molecule has 0 aliphatic carbocycles. The Bertz CT molecular complexity index is 1320. The Balaban J connectivity index is 1.66. The molecule has 8 heteroatoms. The van der Waals surface area contributed by atoms with E-state index in [1.807, 2.05) is 13.8 Å². The number of hydrogen-bond donors (Lipinski definition) is 1. The van der Waals surface area contributed by atoms with Gasteiger partial charge >= 0.3 is 0 Å². The highest BCUT2D eigenvalue weighted by Gasteiger charge is 2.48. The normalized spacial score (nSPS) is 18.7. The van der Waals surface area contributed by atoms with Gasteiger partial charge in [0.2, 0.25) is 6.79 Å². The molecule has 1 fully saturated rings. The monoisotopic (exact) mass is 461 g/mol. The molecule has 1 amide bonds. The number of benzene rings is 2. The molecule has 1 atom stereocenters. The van der Waals surface area contributed by atoms with E-state index in [0.29, 0.717) is 40.0 Å². The fourth-order valence-electron chi connectivity index (χ4n) is 4.15. The van der Waals surface area contributed by atoms with Gasteiger partial charge < -0.3 is 23.7 Å². The first-order chi connectivity index (χ1) is 16.3. The third-order valence-electron chi connectivity index (χ3n) is 5.59. The van der Waals surface area contributed by atoms with E-state index in [9.17, 15) is 14.7 Å². The van der Waals surface area contributed by atoms with Crippen molar-refractivity contribution < 1.29 is 33.3 Å². The van der Waals surface area contributed by atoms with Crippen molar-refractivity contribution in [1.82, 2.24) is 0 Å². The quantitative estimate of drug-likeness (QED) is 0.333. The van der Waals surface area contributed by atoms with Crippen LogP contribution >= 0.6 is 0 Å². The Morgan fingerprint density at radius 1 is 1.06 bits per heavy atom. The SMILES string of the molecule is Cc1ccc(C2/C(=C(/O)c3cccc(OC(C)C)c3)C(=O)C(=O)N2c2ccc3c(c2)OCO3)o1. The first-order valence-corrected chi connectivity index (χ1v) is 10.9. The molecule has 5 rings (SSSR count). The number of furan rings is 1. The molecule has 0 bridgehead atoms. The van der Waals surface area contributed by atoms with Crippen LogP contribution in [0.5, 0.6) is 17.2 Å². The van der Waals surface area contributed by atoms with Crippen molar-refractivity contribution in [2.24, 2.45) is 0 Å². The number of rotatable bonds is 5. The lowest BCUT2D eigenvalue weighted by Crippen LogP contribution is -2.29. The second-order valence-corrected chi connectivity index (χ2v) is 8.35. The van der Waals surface area contributed by atoms with Gasteiger partial charge in [0.15, 0.2) is 11.5 Å². The number of anilines is 1. The summed E-state index contributed by atoms with van der Waals surface area (Å²) in [5, 5.41) is 11.3. The molecule has 0 saturated carbocycles. The van der Waals surface area contributed by atoms with Crippen LogP contribution in [0, 0.1) is 6.92 Å². The average Bonchev–Trinajstić information content (AvgIpc) is 3.51. The van der Waals surface area contributed by atoms with E-state index in [0.717, 1.165) is 0 Å². The number of carbonyl (C=O) groups excluding carboxylic acids is 2. The fraction of sp³-hybridized carbons (Fsp3) is 0.231. The summed E-state index contributed by atoms with van der Waals surface area (Å²) in [6.07, 6.45) is -0.0694. The molecular weight excluding hydrogens is 438 g/mol. The molecule has 3 aromatic rings. The molecule has 0 radical (unpaired) electrons. The zero-order chi connectivity index (χ0) is 24.0. The summed E-state index contributed by atoms with van der Waals surface area (Å²) in [4.78, 5) is 27.8. The van der Waals surface area contributed by atoms with Crippen LogP contribution in [0.15, 0.2) is 64.6 Å². The van der Waals surface area contributed by atoms with Crippen LogP contribution in [0.1, 0.15) is 37.0 Å². The average molecular weight is 461 g/mol. The molecule has 1 aromatic heterocycles. The Hall–Kier alpha value is -4.20. The second kappa shape index (κ2) is 8.30. The van der Waals surface area contributed by atoms with Gasteiger partial charge in [-0.15, -0.1) is 0 Å². The molecule has 2 aliphatic heterocycles. The Kier molecular flexibility index (Phi) is 5.28. The maximum Gasteiger partial charge on any atom is 0.300 e. The number of aliphatic hydroxyl groups excluding tert-OH is 1. The van der Waals surface area contributed by atoms with E-state index in [2.05, 4.69) is 0 Å². The highest BCUT2D eigenvalue weighted by atomic mass is 16.7. The summed E-state index contributed by atoms with van der Waals surface area (Å²) < 4.78 is 22.4. The van der Waals surface area contributed by atoms with Gasteiger partial charge in [-0.1, -0.05) is 12.1 Å². The number of ether oxygens (including phenoxy) is 3. The largest absolute Gasteiger partial charge is 0.507 e. The second-order valence-electron chi connectivity index (χ2n) is 8.35. The summed E-state index contributed by atoms with van der Waals surface area (Å²) in [6.45, 7) is 5.63. The van der Waals surface area contributed by atoms with Crippen molar-refractivity contribution >= 4 is 23.1 Å². The standard InChI is InChI=1S/C26H23NO7/c1-14(2)33-18-6-4-5-16(11-18)24(28)22-23(20-9-7-15(3)34-20)27(26(30)25(22)29)17-8-10-19-21(12-17)32-13-31-19/h4-12,14,23,28H,13H2,1-3H3/b24-22-. The van der Waals surface area contributed by atoms with Gasteiger partial charge in [-0.25, -0.2) is 0 Å². The van der Waals surface area contributed by atoms with Gasteiger partial charge in [-0.3, -0.25) is 14.5 Å². The molecule has 1 N–H and O–H groups in total. The molecule has 1 unspecified atom stereocenters.